The van der Waals surface area contributed by atoms with Crippen molar-refractivity contribution < 1.29 is 0 Å². The first-order valence-corrected chi connectivity index (χ1v) is 7.28. The third-order valence-corrected chi connectivity index (χ3v) is 3.10. The van der Waals surface area contributed by atoms with Gasteiger partial charge in [-0.2, -0.15) is 0 Å². The van der Waals surface area contributed by atoms with Gasteiger partial charge in [-0.1, -0.05) is 6.92 Å². The molecular formula is C16H23N5. The maximum absolute atomic E-state index is 4.51. The van der Waals surface area contributed by atoms with E-state index in [1.807, 2.05) is 20.2 Å². The van der Waals surface area contributed by atoms with Crippen LogP contribution in [-0.4, -0.2) is 30.6 Å². The molecule has 0 fully saturated rings. The number of benzene rings is 1. The van der Waals surface area contributed by atoms with E-state index in [0.717, 1.165) is 36.1 Å². The minimum Gasteiger partial charge on any atom is -0.378 e. The summed E-state index contributed by atoms with van der Waals surface area (Å²) in [6.45, 7) is 4.96. The van der Waals surface area contributed by atoms with Crippen LogP contribution in [0.15, 0.2) is 30.3 Å². The molecule has 1 aromatic heterocycles. The Morgan fingerprint density at radius 2 is 1.67 bits per heavy atom. The van der Waals surface area contributed by atoms with E-state index in [0.29, 0.717) is 0 Å². The van der Waals surface area contributed by atoms with Gasteiger partial charge in [0.2, 0.25) is 0 Å². The molecule has 1 heterocycles. The fraction of sp³-hybridized carbons (Fsp3) is 0.375. The van der Waals surface area contributed by atoms with Gasteiger partial charge in [-0.15, -0.1) is 0 Å². The average molecular weight is 285 g/mol. The van der Waals surface area contributed by atoms with Crippen LogP contribution in [0.25, 0.3) is 0 Å². The fourth-order valence-electron chi connectivity index (χ4n) is 1.98. The molecule has 0 spiro atoms. The van der Waals surface area contributed by atoms with E-state index in [-0.39, 0.29) is 0 Å². The highest BCUT2D eigenvalue weighted by atomic mass is 15.1. The minimum absolute atomic E-state index is 0.813. The Kier molecular flexibility index (Phi) is 4.98. The van der Waals surface area contributed by atoms with Crippen molar-refractivity contribution in [2.24, 2.45) is 0 Å². The number of anilines is 4. The number of aromatic nitrogens is 2. The van der Waals surface area contributed by atoms with Crippen LogP contribution in [0.3, 0.4) is 0 Å². The third-order valence-electron chi connectivity index (χ3n) is 3.10. The van der Waals surface area contributed by atoms with Crippen molar-refractivity contribution in [3.63, 3.8) is 0 Å². The zero-order valence-corrected chi connectivity index (χ0v) is 13.1. The number of nitrogens with one attached hydrogen (secondary N) is 2. The lowest BCUT2D eigenvalue weighted by molar-refractivity contribution is 0.939. The van der Waals surface area contributed by atoms with Gasteiger partial charge < -0.3 is 15.5 Å². The van der Waals surface area contributed by atoms with E-state index >= 15 is 0 Å². The Labute approximate surface area is 126 Å². The maximum Gasteiger partial charge on any atom is 0.136 e. The van der Waals surface area contributed by atoms with Gasteiger partial charge in [0.1, 0.15) is 17.5 Å². The Morgan fingerprint density at radius 3 is 2.24 bits per heavy atom. The zero-order chi connectivity index (χ0) is 15.2. The average Bonchev–Trinajstić information content (AvgIpc) is 2.48. The van der Waals surface area contributed by atoms with Crippen molar-refractivity contribution in [3.8, 4) is 0 Å². The molecule has 0 atom stereocenters. The van der Waals surface area contributed by atoms with Crippen molar-refractivity contribution in [2.45, 2.75) is 20.3 Å². The van der Waals surface area contributed by atoms with Crippen molar-refractivity contribution in [2.75, 3.05) is 36.2 Å². The molecule has 2 rings (SSSR count). The van der Waals surface area contributed by atoms with Crippen molar-refractivity contribution in [1.82, 2.24) is 9.97 Å². The van der Waals surface area contributed by atoms with Gasteiger partial charge in [0, 0.05) is 44.5 Å². The first-order chi connectivity index (χ1) is 10.1. The first-order valence-electron chi connectivity index (χ1n) is 7.28. The predicted molar refractivity (Wildman–Crippen MR) is 89.6 cm³/mol. The molecule has 21 heavy (non-hydrogen) atoms. The molecule has 0 amide bonds. The lowest BCUT2D eigenvalue weighted by Gasteiger charge is -2.14. The Hall–Kier alpha value is -2.30. The van der Waals surface area contributed by atoms with Crippen molar-refractivity contribution in [1.29, 1.82) is 0 Å². The number of hydrogen-bond donors (Lipinski definition) is 2. The quantitative estimate of drug-likeness (QED) is 0.853. The molecule has 0 saturated carbocycles. The second-order valence-electron chi connectivity index (χ2n) is 5.00. The molecule has 0 saturated heterocycles. The zero-order valence-electron chi connectivity index (χ0n) is 13.1. The van der Waals surface area contributed by atoms with Gasteiger partial charge in [0.15, 0.2) is 0 Å². The molecule has 0 aliphatic rings. The summed E-state index contributed by atoms with van der Waals surface area (Å²) in [7, 11) is 4.06. The standard InChI is InChI=1S/C16H23N5/c1-5-14-19-15(17-6-2)11-16(20-14)18-12-7-9-13(10-8-12)21(3)4/h7-11H,5-6H2,1-4H3,(H2,17,18,19,20). The van der Waals surface area contributed by atoms with Crippen LogP contribution in [0.2, 0.25) is 0 Å². The Balaban J connectivity index is 2.19. The van der Waals surface area contributed by atoms with Gasteiger partial charge in [0.25, 0.3) is 0 Å². The summed E-state index contributed by atoms with van der Waals surface area (Å²) in [5.74, 6) is 2.51. The topological polar surface area (TPSA) is 53.1 Å². The summed E-state index contributed by atoms with van der Waals surface area (Å²) in [6.07, 6.45) is 0.813. The highest BCUT2D eigenvalue weighted by Crippen LogP contribution is 2.20. The second-order valence-corrected chi connectivity index (χ2v) is 5.00. The molecule has 0 aliphatic carbocycles. The smallest absolute Gasteiger partial charge is 0.136 e. The largest absolute Gasteiger partial charge is 0.378 e. The molecule has 0 bridgehead atoms. The number of rotatable bonds is 6. The van der Waals surface area contributed by atoms with Crippen LogP contribution in [0.4, 0.5) is 23.0 Å². The van der Waals surface area contributed by atoms with E-state index in [1.165, 1.54) is 5.69 Å². The summed E-state index contributed by atoms with van der Waals surface area (Å²) < 4.78 is 0. The summed E-state index contributed by atoms with van der Waals surface area (Å²) in [5.41, 5.74) is 2.19. The lowest BCUT2D eigenvalue weighted by Crippen LogP contribution is -2.08. The summed E-state index contributed by atoms with van der Waals surface area (Å²) in [6, 6.07) is 10.2. The van der Waals surface area contributed by atoms with Gasteiger partial charge in [-0.05, 0) is 31.2 Å². The van der Waals surface area contributed by atoms with Crippen LogP contribution >= 0.6 is 0 Å². The fourth-order valence-corrected chi connectivity index (χ4v) is 1.98. The minimum atomic E-state index is 0.813. The molecule has 5 heteroatoms. The van der Waals surface area contributed by atoms with Gasteiger partial charge >= 0.3 is 0 Å². The number of hydrogen-bond acceptors (Lipinski definition) is 5. The third kappa shape index (κ3) is 4.08. The van der Waals surface area contributed by atoms with Gasteiger partial charge in [0.05, 0.1) is 0 Å². The van der Waals surface area contributed by atoms with Crippen LogP contribution in [-0.2, 0) is 6.42 Å². The van der Waals surface area contributed by atoms with Gasteiger partial charge in [-0.3, -0.25) is 0 Å². The Bertz CT molecular complexity index is 578. The molecule has 112 valence electrons. The normalized spacial score (nSPS) is 10.3. The molecule has 1 aromatic carbocycles. The van der Waals surface area contributed by atoms with E-state index in [4.69, 9.17) is 0 Å². The maximum atomic E-state index is 4.51. The molecule has 2 N–H and O–H groups in total. The molecule has 0 radical (unpaired) electrons. The molecular weight excluding hydrogens is 262 g/mol. The van der Waals surface area contributed by atoms with Crippen LogP contribution in [0.1, 0.15) is 19.7 Å². The first kappa shape index (κ1) is 15.1. The molecule has 5 nitrogen and oxygen atoms in total. The molecule has 0 aliphatic heterocycles. The monoisotopic (exact) mass is 285 g/mol. The summed E-state index contributed by atoms with van der Waals surface area (Å²) in [4.78, 5) is 11.0. The highest BCUT2D eigenvalue weighted by molar-refractivity contribution is 5.62. The number of aryl methyl sites for hydroxylation is 1. The predicted octanol–water partition coefficient (Wildman–Crippen LogP) is 3.28. The van der Waals surface area contributed by atoms with E-state index in [1.54, 1.807) is 0 Å². The van der Waals surface area contributed by atoms with E-state index in [9.17, 15) is 0 Å². The van der Waals surface area contributed by atoms with Crippen LogP contribution in [0, 0.1) is 0 Å². The summed E-state index contributed by atoms with van der Waals surface area (Å²) >= 11 is 0. The van der Waals surface area contributed by atoms with Crippen LogP contribution < -0.4 is 15.5 Å². The second kappa shape index (κ2) is 6.92. The van der Waals surface area contributed by atoms with E-state index in [2.05, 4.69) is 63.6 Å². The van der Waals surface area contributed by atoms with E-state index < -0.39 is 0 Å². The SMILES string of the molecule is CCNc1cc(Nc2ccc(N(C)C)cc2)nc(CC)n1. The van der Waals surface area contributed by atoms with Crippen molar-refractivity contribution >= 4 is 23.0 Å². The van der Waals surface area contributed by atoms with Crippen LogP contribution in [0.5, 0.6) is 0 Å². The Morgan fingerprint density at radius 1 is 1.00 bits per heavy atom. The number of nitrogens with zero attached hydrogens (tertiary/aromatic N) is 3. The summed E-state index contributed by atoms with van der Waals surface area (Å²) in [5, 5.41) is 6.57. The lowest BCUT2D eigenvalue weighted by atomic mass is 10.2. The van der Waals surface area contributed by atoms with Gasteiger partial charge in [-0.25, -0.2) is 9.97 Å². The highest BCUT2D eigenvalue weighted by Gasteiger charge is 2.04. The van der Waals surface area contributed by atoms with Crippen molar-refractivity contribution in [3.05, 3.63) is 36.2 Å². The molecule has 2 aromatic rings. The molecule has 0 unspecified atom stereocenters.